The molecule has 0 spiro atoms. The quantitative estimate of drug-likeness (QED) is 0.768. The molecule has 2 aromatic carbocycles. The molecule has 4 nitrogen and oxygen atoms in total. The molecule has 6 heteroatoms. The molecule has 0 N–H and O–H groups in total. The van der Waals surface area contributed by atoms with Crippen molar-refractivity contribution in [2.75, 3.05) is 11.4 Å². The fourth-order valence-electron chi connectivity index (χ4n) is 2.67. The van der Waals surface area contributed by atoms with Crippen LogP contribution in [-0.4, -0.2) is 20.1 Å². The molecule has 3 rings (SSSR count). The second kappa shape index (κ2) is 7.62. The van der Waals surface area contributed by atoms with E-state index in [2.05, 4.69) is 42.5 Å². The monoisotopic (exact) mass is 374 g/mol. The molecule has 0 unspecified atom stereocenters. The maximum atomic E-state index is 12.5. The van der Waals surface area contributed by atoms with Gasteiger partial charge in [0.1, 0.15) is 4.90 Å². The van der Waals surface area contributed by atoms with Crippen molar-refractivity contribution in [1.29, 1.82) is 0 Å². The molecule has 0 radical (unpaired) electrons. The average Bonchev–Trinajstić information content (AvgIpc) is 2.60. The highest BCUT2D eigenvalue weighted by atomic mass is 32.2. The molecule has 0 fully saturated rings. The van der Waals surface area contributed by atoms with Crippen molar-refractivity contribution in [2.24, 2.45) is 4.40 Å². The highest BCUT2D eigenvalue weighted by Crippen LogP contribution is 2.35. The van der Waals surface area contributed by atoms with Crippen LogP contribution in [0.4, 0.5) is 5.69 Å². The number of rotatable bonds is 5. The van der Waals surface area contributed by atoms with Gasteiger partial charge in [0.05, 0.1) is 5.69 Å². The summed E-state index contributed by atoms with van der Waals surface area (Å²) in [6.07, 6.45) is 2.03. The Labute approximate surface area is 154 Å². The summed E-state index contributed by atoms with van der Waals surface area (Å²) in [5.74, 6) is 0.694. The van der Waals surface area contributed by atoms with Crippen LogP contribution in [0.25, 0.3) is 0 Å². The zero-order valence-electron chi connectivity index (χ0n) is 14.5. The van der Waals surface area contributed by atoms with Crippen LogP contribution < -0.4 is 4.90 Å². The highest BCUT2D eigenvalue weighted by molar-refractivity contribution is 8.14. The largest absolute Gasteiger partial charge is 0.319 e. The molecule has 0 aliphatic carbocycles. The van der Waals surface area contributed by atoms with Gasteiger partial charge in [-0.15, -0.1) is 4.40 Å². The Kier molecular flexibility index (Phi) is 5.49. The third-order valence-electron chi connectivity index (χ3n) is 4.09. The van der Waals surface area contributed by atoms with Crippen molar-refractivity contribution < 1.29 is 8.42 Å². The fourth-order valence-corrected chi connectivity index (χ4v) is 5.11. The van der Waals surface area contributed by atoms with Gasteiger partial charge in [0, 0.05) is 12.3 Å². The minimum absolute atomic E-state index is 0.297. The number of thioether (sulfide) groups is 1. The first-order valence-electron chi connectivity index (χ1n) is 8.41. The van der Waals surface area contributed by atoms with Gasteiger partial charge in [0.2, 0.25) is 0 Å². The number of aryl methyl sites for hydroxylation is 1. The van der Waals surface area contributed by atoms with Crippen molar-refractivity contribution in [3.05, 3.63) is 59.7 Å². The SMILES string of the molecule is CCCCN1C(SCc2ccc(C)cc2)=NS(=O)(=O)c2ccccc21. The zero-order chi connectivity index (χ0) is 17.9. The molecule has 0 bridgehead atoms. The van der Waals surface area contributed by atoms with Crippen LogP contribution in [0.1, 0.15) is 30.9 Å². The van der Waals surface area contributed by atoms with Gasteiger partial charge >= 0.3 is 0 Å². The smallest absolute Gasteiger partial charge is 0.286 e. The van der Waals surface area contributed by atoms with Gasteiger partial charge < -0.3 is 4.90 Å². The van der Waals surface area contributed by atoms with Crippen LogP contribution in [0, 0.1) is 6.92 Å². The maximum Gasteiger partial charge on any atom is 0.286 e. The van der Waals surface area contributed by atoms with E-state index in [-0.39, 0.29) is 0 Å². The van der Waals surface area contributed by atoms with Gasteiger partial charge in [-0.3, -0.25) is 0 Å². The van der Waals surface area contributed by atoms with Crippen LogP contribution in [0.5, 0.6) is 0 Å². The molecule has 0 saturated carbocycles. The molecule has 0 amide bonds. The minimum Gasteiger partial charge on any atom is -0.319 e. The Balaban J connectivity index is 1.89. The Bertz CT molecular complexity index is 875. The summed E-state index contributed by atoms with van der Waals surface area (Å²) in [5, 5.41) is 0.563. The van der Waals surface area contributed by atoms with Gasteiger partial charge in [0.15, 0.2) is 5.17 Å². The van der Waals surface area contributed by atoms with Crippen molar-refractivity contribution in [1.82, 2.24) is 0 Å². The van der Waals surface area contributed by atoms with E-state index in [1.54, 1.807) is 12.1 Å². The van der Waals surface area contributed by atoms with Crippen molar-refractivity contribution in [3.63, 3.8) is 0 Å². The summed E-state index contributed by atoms with van der Waals surface area (Å²) in [6.45, 7) is 4.95. The number of para-hydroxylation sites is 1. The Morgan fingerprint density at radius 2 is 1.80 bits per heavy atom. The summed E-state index contributed by atoms with van der Waals surface area (Å²) in [4.78, 5) is 2.34. The van der Waals surface area contributed by atoms with E-state index in [0.29, 0.717) is 15.8 Å². The Morgan fingerprint density at radius 1 is 1.08 bits per heavy atom. The molecule has 0 atom stereocenters. The number of anilines is 1. The third kappa shape index (κ3) is 4.07. The van der Waals surface area contributed by atoms with E-state index < -0.39 is 10.0 Å². The molecule has 0 saturated heterocycles. The number of sulfonamides is 1. The van der Waals surface area contributed by atoms with Crippen LogP contribution in [0.3, 0.4) is 0 Å². The maximum absolute atomic E-state index is 12.5. The lowest BCUT2D eigenvalue weighted by molar-refractivity contribution is 0.596. The lowest BCUT2D eigenvalue weighted by Crippen LogP contribution is -2.34. The van der Waals surface area contributed by atoms with E-state index in [0.717, 1.165) is 30.6 Å². The molecule has 25 heavy (non-hydrogen) atoms. The van der Waals surface area contributed by atoms with E-state index >= 15 is 0 Å². The van der Waals surface area contributed by atoms with Crippen molar-refractivity contribution in [2.45, 2.75) is 37.3 Å². The van der Waals surface area contributed by atoms with Gasteiger partial charge in [-0.2, -0.15) is 8.42 Å². The fraction of sp³-hybridized carbons (Fsp3) is 0.316. The molecule has 1 aliphatic rings. The Morgan fingerprint density at radius 3 is 2.52 bits per heavy atom. The molecular formula is C19H22N2O2S2. The van der Waals surface area contributed by atoms with E-state index in [1.807, 2.05) is 17.0 Å². The van der Waals surface area contributed by atoms with Crippen LogP contribution >= 0.6 is 11.8 Å². The summed E-state index contributed by atoms with van der Waals surface area (Å²) in [7, 11) is -3.63. The topological polar surface area (TPSA) is 49.7 Å². The molecule has 1 aliphatic heterocycles. The number of hydrogen-bond acceptors (Lipinski definition) is 4. The lowest BCUT2D eigenvalue weighted by atomic mass is 10.2. The highest BCUT2D eigenvalue weighted by Gasteiger charge is 2.30. The van der Waals surface area contributed by atoms with E-state index in [1.165, 1.54) is 17.3 Å². The summed E-state index contributed by atoms with van der Waals surface area (Å²) in [6, 6.07) is 15.4. The van der Waals surface area contributed by atoms with Gasteiger partial charge in [-0.25, -0.2) is 0 Å². The van der Waals surface area contributed by atoms with Crippen molar-refractivity contribution in [3.8, 4) is 0 Å². The predicted octanol–water partition coefficient (Wildman–Crippen LogP) is 4.59. The Hall–Kier alpha value is -1.79. The first-order valence-corrected chi connectivity index (χ1v) is 10.8. The van der Waals surface area contributed by atoms with E-state index in [4.69, 9.17) is 0 Å². The normalized spacial score (nSPS) is 15.6. The predicted molar refractivity (Wildman–Crippen MR) is 106 cm³/mol. The number of benzene rings is 2. The summed E-state index contributed by atoms with van der Waals surface area (Å²) in [5.41, 5.74) is 3.10. The second-order valence-electron chi connectivity index (χ2n) is 6.10. The molecule has 1 heterocycles. The van der Waals surface area contributed by atoms with Crippen molar-refractivity contribution >= 4 is 32.6 Å². The number of fused-ring (bicyclic) bond motifs is 1. The number of hydrogen-bond donors (Lipinski definition) is 0. The number of amidine groups is 1. The molecule has 0 aromatic heterocycles. The van der Waals surface area contributed by atoms with Crippen LogP contribution in [-0.2, 0) is 15.8 Å². The lowest BCUT2D eigenvalue weighted by Gasteiger charge is -2.30. The summed E-state index contributed by atoms with van der Waals surface area (Å²) >= 11 is 1.48. The molecule has 132 valence electrons. The standard InChI is InChI=1S/C19H22N2O2S2/c1-3-4-13-21-17-7-5-6-8-18(17)25(22,23)20-19(21)24-14-16-11-9-15(2)10-12-16/h5-12H,3-4,13-14H2,1-2H3. The first-order chi connectivity index (χ1) is 12.0. The third-order valence-corrected chi connectivity index (χ3v) is 6.56. The van der Waals surface area contributed by atoms with Gasteiger partial charge in [0.25, 0.3) is 10.0 Å². The average molecular weight is 375 g/mol. The molecular weight excluding hydrogens is 352 g/mol. The van der Waals surface area contributed by atoms with Crippen LogP contribution in [0.2, 0.25) is 0 Å². The van der Waals surface area contributed by atoms with Gasteiger partial charge in [-0.05, 0) is 31.0 Å². The minimum atomic E-state index is -3.63. The van der Waals surface area contributed by atoms with Gasteiger partial charge in [-0.1, -0.05) is 67.1 Å². The van der Waals surface area contributed by atoms with E-state index in [9.17, 15) is 8.42 Å². The number of nitrogens with zero attached hydrogens (tertiary/aromatic N) is 2. The first kappa shape index (κ1) is 18.0. The van der Waals surface area contributed by atoms with Crippen LogP contribution in [0.15, 0.2) is 57.8 Å². The number of unbranched alkanes of at least 4 members (excludes halogenated alkanes) is 1. The zero-order valence-corrected chi connectivity index (χ0v) is 16.1. The second-order valence-corrected chi connectivity index (χ2v) is 8.61. The molecule has 2 aromatic rings. The summed E-state index contributed by atoms with van der Waals surface area (Å²) < 4.78 is 29.2.